The van der Waals surface area contributed by atoms with Crippen molar-refractivity contribution in [3.63, 3.8) is 0 Å². The maximum atomic E-state index is 15.3. The van der Waals surface area contributed by atoms with E-state index in [1.165, 1.54) is 37.3 Å². The number of unbranched alkanes of at least 4 members (excludes halogenated alkanes) is 3. The predicted molar refractivity (Wildman–Crippen MR) is 113 cm³/mol. The van der Waals surface area contributed by atoms with Crippen LogP contribution in [0.1, 0.15) is 67.2 Å². The molecule has 0 fully saturated rings. The molecule has 1 aliphatic carbocycles. The van der Waals surface area contributed by atoms with Crippen LogP contribution in [-0.4, -0.2) is 0 Å². The zero-order chi connectivity index (χ0) is 20.4. The molecule has 1 atom stereocenters. The highest BCUT2D eigenvalue weighted by atomic mass is 19.2. The summed E-state index contributed by atoms with van der Waals surface area (Å²) in [5, 5.41) is 1.58. The molecule has 152 valence electrons. The quantitative estimate of drug-likeness (QED) is 0.375. The second-order valence-electron chi connectivity index (χ2n) is 8.27. The highest BCUT2D eigenvalue weighted by molar-refractivity contribution is 5.84. The normalized spacial score (nSPS) is 16.2. The van der Waals surface area contributed by atoms with E-state index in [1.807, 2.05) is 24.3 Å². The molecule has 0 nitrogen and oxygen atoms in total. The summed E-state index contributed by atoms with van der Waals surface area (Å²) >= 11 is 0. The van der Waals surface area contributed by atoms with Gasteiger partial charge in [-0.3, -0.25) is 0 Å². The molecule has 0 saturated heterocycles. The molecule has 0 spiro atoms. The minimum Gasteiger partial charge on any atom is -0.206 e. The van der Waals surface area contributed by atoms with Crippen LogP contribution < -0.4 is 0 Å². The summed E-state index contributed by atoms with van der Waals surface area (Å²) in [6.45, 7) is 2.20. The lowest BCUT2D eigenvalue weighted by atomic mass is 9.79. The Morgan fingerprint density at radius 2 is 1.76 bits per heavy atom. The molecular formula is C26H27F3. The van der Waals surface area contributed by atoms with E-state index >= 15 is 4.39 Å². The highest BCUT2D eigenvalue weighted by Gasteiger charge is 2.26. The van der Waals surface area contributed by atoms with E-state index in [0.29, 0.717) is 35.8 Å². The lowest BCUT2D eigenvalue weighted by Gasteiger charge is -2.26. The molecule has 4 rings (SSSR count). The van der Waals surface area contributed by atoms with Gasteiger partial charge in [0.15, 0.2) is 11.6 Å². The summed E-state index contributed by atoms with van der Waals surface area (Å²) in [5.41, 5.74) is 3.19. The fraction of sp³-hybridized carbons (Fsp3) is 0.385. The Morgan fingerprint density at radius 3 is 2.59 bits per heavy atom. The molecule has 3 aromatic carbocycles. The number of hydrogen-bond donors (Lipinski definition) is 0. The van der Waals surface area contributed by atoms with E-state index < -0.39 is 11.6 Å². The molecule has 0 heterocycles. The lowest BCUT2D eigenvalue weighted by Crippen LogP contribution is -2.16. The molecule has 3 heteroatoms. The standard InChI is InChI=1S/C26H27F3/c1-2-3-4-5-6-17-7-11-21-18(15-17)8-12-22(25(21)28)19-9-13-23-20(16-19)10-14-24(27)26(23)29/h7-8,10-12,14-15,19H,2-6,9,13,16H2,1H3. The van der Waals surface area contributed by atoms with Gasteiger partial charge in [-0.25, -0.2) is 13.2 Å². The van der Waals surface area contributed by atoms with Crippen molar-refractivity contribution < 1.29 is 13.2 Å². The molecule has 0 amide bonds. The van der Waals surface area contributed by atoms with Gasteiger partial charge in [0.25, 0.3) is 0 Å². The largest absolute Gasteiger partial charge is 0.206 e. The first-order chi connectivity index (χ1) is 14.1. The van der Waals surface area contributed by atoms with E-state index in [2.05, 4.69) is 13.0 Å². The Hall–Kier alpha value is -2.29. The second kappa shape index (κ2) is 8.61. The van der Waals surface area contributed by atoms with E-state index in [4.69, 9.17) is 0 Å². The van der Waals surface area contributed by atoms with Crippen LogP contribution in [0.15, 0.2) is 42.5 Å². The van der Waals surface area contributed by atoms with Gasteiger partial charge in [-0.2, -0.15) is 0 Å². The Balaban J connectivity index is 1.57. The molecule has 1 aliphatic rings. The first-order valence-electron chi connectivity index (χ1n) is 10.7. The fourth-order valence-electron chi connectivity index (χ4n) is 4.63. The Kier molecular flexibility index (Phi) is 5.94. The van der Waals surface area contributed by atoms with Crippen LogP contribution in [0, 0.1) is 17.5 Å². The molecule has 0 aliphatic heterocycles. The molecular weight excluding hydrogens is 369 g/mol. The summed E-state index contributed by atoms with van der Waals surface area (Å²) < 4.78 is 42.8. The molecule has 0 aromatic heterocycles. The number of aryl methyl sites for hydroxylation is 1. The Labute approximate surface area is 170 Å². The summed E-state index contributed by atoms with van der Waals surface area (Å²) in [5.74, 6) is -1.72. The maximum absolute atomic E-state index is 15.3. The van der Waals surface area contributed by atoms with Crippen molar-refractivity contribution >= 4 is 10.8 Å². The number of halogens is 3. The molecule has 1 unspecified atom stereocenters. The smallest absolute Gasteiger partial charge is 0.162 e. The average molecular weight is 396 g/mol. The minimum atomic E-state index is -0.801. The third kappa shape index (κ3) is 4.05. The van der Waals surface area contributed by atoms with Gasteiger partial charge in [0, 0.05) is 5.39 Å². The lowest BCUT2D eigenvalue weighted by molar-refractivity contribution is 0.473. The second-order valence-corrected chi connectivity index (χ2v) is 8.27. The maximum Gasteiger partial charge on any atom is 0.162 e. The van der Waals surface area contributed by atoms with Crippen LogP contribution in [0.3, 0.4) is 0 Å². The van der Waals surface area contributed by atoms with Crippen LogP contribution in [0.25, 0.3) is 10.8 Å². The Bertz CT molecular complexity index is 1020. The number of benzene rings is 3. The summed E-state index contributed by atoms with van der Waals surface area (Å²) in [6.07, 6.45) is 7.52. The van der Waals surface area contributed by atoms with Crippen LogP contribution >= 0.6 is 0 Å². The van der Waals surface area contributed by atoms with Crippen LogP contribution in [0.5, 0.6) is 0 Å². The van der Waals surface area contributed by atoms with Gasteiger partial charge in [-0.05, 0) is 71.7 Å². The van der Waals surface area contributed by atoms with Crippen LogP contribution in [0.4, 0.5) is 13.2 Å². The summed E-state index contributed by atoms with van der Waals surface area (Å²) in [4.78, 5) is 0. The molecule has 0 bridgehead atoms. The number of hydrogen-bond acceptors (Lipinski definition) is 0. The third-order valence-corrected chi connectivity index (χ3v) is 6.31. The Morgan fingerprint density at radius 1 is 0.897 bits per heavy atom. The minimum absolute atomic E-state index is 0.00881. The van der Waals surface area contributed by atoms with Gasteiger partial charge >= 0.3 is 0 Å². The number of rotatable bonds is 6. The summed E-state index contributed by atoms with van der Waals surface area (Å²) in [7, 11) is 0. The van der Waals surface area contributed by atoms with Crippen molar-refractivity contribution in [2.75, 3.05) is 0 Å². The van der Waals surface area contributed by atoms with Crippen molar-refractivity contribution in [3.8, 4) is 0 Å². The van der Waals surface area contributed by atoms with E-state index in [9.17, 15) is 8.78 Å². The van der Waals surface area contributed by atoms with Gasteiger partial charge in [0.2, 0.25) is 0 Å². The zero-order valence-electron chi connectivity index (χ0n) is 16.9. The van der Waals surface area contributed by atoms with Gasteiger partial charge < -0.3 is 0 Å². The fourth-order valence-corrected chi connectivity index (χ4v) is 4.63. The predicted octanol–water partition coefficient (Wildman–Crippen LogP) is 7.65. The molecule has 29 heavy (non-hydrogen) atoms. The summed E-state index contributed by atoms with van der Waals surface area (Å²) in [6, 6.07) is 12.7. The third-order valence-electron chi connectivity index (χ3n) is 6.31. The SMILES string of the molecule is CCCCCCc1ccc2c(F)c(C3CCc4c(ccc(F)c4F)C3)ccc2c1. The van der Waals surface area contributed by atoms with Gasteiger partial charge in [0.1, 0.15) is 5.82 Å². The van der Waals surface area contributed by atoms with Crippen LogP contribution in [0.2, 0.25) is 0 Å². The van der Waals surface area contributed by atoms with E-state index in [1.54, 1.807) is 6.07 Å². The van der Waals surface area contributed by atoms with Gasteiger partial charge in [0.05, 0.1) is 0 Å². The van der Waals surface area contributed by atoms with Crippen molar-refractivity contribution in [2.45, 2.75) is 64.2 Å². The van der Waals surface area contributed by atoms with Crippen molar-refractivity contribution in [3.05, 3.63) is 82.2 Å². The van der Waals surface area contributed by atoms with Crippen LogP contribution in [-0.2, 0) is 19.3 Å². The first-order valence-corrected chi connectivity index (χ1v) is 10.7. The first kappa shape index (κ1) is 20.0. The van der Waals surface area contributed by atoms with Crippen molar-refractivity contribution in [1.82, 2.24) is 0 Å². The topological polar surface area (TPSA) is 0 Å². The van der Waals surface area contributed by atoms with Gasteiger partial charge in [-0.1, -0.05) is 62.6 Å². The van der Waals surface area contributed by atoms with Crippen molar-refractivity contribution in [1.29, 1.82) is 0 Å². The number of fused-ring (bicyclic) bond motifs is 2. The van der Waals surface area contributed by atoms with Gasteiger partial charge in [-0.15, -0.1) is 0 Å². The highest BCUT2D eigenvalue weighted by Crippen LogP contribution is 2.37. The van der Waals surface area contributed by atoms with Crippen molar-refractivity contribution in [2.24, 2.45) is 0 Å². The average Bonchev–Trinajstić information content (AvgIpc) is 2.74. The monoisotopic (exact) mass is 396 g/mol. The van der Waals surface area contributed by atoms with E-state index in [0.717, 1.165) is 17.4 Å². The molecule has 0 radical (unpaired) electrons. The molecule has 0 N–H and O–H groups in total. The molecule has 3 aromatic rings. The zero-order valence-corrected chi connectivity index (χ0v) is 16.9. The molecule has 0 saturated carbocycles. The van der Waals surface area contributed by atoms with E-state index in [-0.39, 0.29) is 11.7 Å².